The molecule has 128 valence electrons. The molecule has 0 saturated carbocycles. The maximum atomic E-state index is 11.7. The molecule has 2 rings (SSSR count). The first-order valence-corrected chi connectivity index (χ1v) is 8.25. The number of carbonyl (C=O) groups is 1. The number of rotatable bonds is 4. The zero-order valence-corrected chi connectivity index (χ0v) is 14.8. The molecule has 1 aromatic carbocycles. The van der Waals surface area contributed by atoms with Gasteiger partial charge in [0.05, 0.1) is 0 Å². The lowest BCUT2D eigenvalue weighted by Gasteiger charge is -2.19. The third-order valence-corrected chi connectivity index (χ3v) is 4.08. The normalized spacial score (nSPS) is 22.1. The maximum Gasteiger partial charge on any atom is 0.412 e. The van der Waals surface area contributed by atoms with E-state index >= 15 is 0 Å². The molecule has 0 radical (unpaired) electrons. The lowest BCUT2D eigenvalue weighted by Crippen LogP contribution is -2.31. The highest BCUT2D eigenvalue weighted by molar-refractivity contribution is 5.84. The van der Waals surface area contributed by atoms with Gasteiger partial charge in [0.1, 0.15) is 5.60 Å². The van der Waals surface area contributed by atoms with Gasteiger partial charge in [0.25, 0.3) is 0 Å². The summed E-state index contributed by atoms with van der Waals surface area (Å²) in [6.45, 7) is 9.75. The first-order chi connectivity index (χ1) is 10.7. The monoisotopic (exact) mass is 319 g/mol. The predicted octanol–water partition coefficient (Wildman–Crippen LogP) is 3.22. The zero-order chi connectivity index (χ0) is 17.0. The van der Waals surface area contributed by atoms with E-state index < -0.39 is 11.7 Å². The molecule has 1 heterocycles. The van der Waals surface area contributed by atoms with Crippen LogP contribution in [0, 0.1) is 0 Å². The summed E-state index contributed by atoms with van der Waals surface area (Å²) < 4.78 is 5.24. The number of nitrogens with zero attached hydrogens (tertiary/aromatic N) is 1. The van der Waals surface area contributed by atoms with E-state index in [9.17, 15) is 4.79 Å². The Labute approximate surface area is 139 Å². The van der Waals surface area contributed by atoms with Crippen molar-refractivity contribution in [2.75, 3.05) is 18.9 Å². The minimum atomic E-state index is -0.487. The molecular weight excluding hydrogens is 290 g/mol. The quantitative estimate of drug-likeness (QED) is 0.895. The Morgan fingerprint density at radius 1 is 1.30 bits per heavy atom. The maximum absolute atomic E-state index is 11.7. The van der Waals surface area contributed by atoms with Crippen molar-refractivity contribution in [1.82, 2.24) is 10.2 Å². The summed E-state index contributed by atoms with van der Waals surface area (Å²) >= 11 is 0. The molecule has 0 bridgehead atoms. The Hall–Kier alpha value is -1.59. The van der Waals surface area contributed by atoms with Crippen LogP contribution in [-0.2, 0) is 11.3 Å². The molecule has 1 aromatic rings. The van der Waals surface area contributed by atoms with Gasteiger partial charge < -0.3 is 15.0 Å². The fourth-order valence-electron chi connectivity index (χ4n) is 2.73. The van der Waals surface area contributed by atoms with Crippen molar-refractivity contribution in [2.45, 2.75) is 58.3 Å². The molecule has 1 amide bonds. The number of likely N-dealkylation sites (tertiary alicyclic amines) is 1. The Balaban J connectivity index is 1.79. The van der Waals surface area contributed by atoms with Gasteiger partial charge in [0.15, 0.2) is 0 Å². The molecule has 5 nitrogen and oxygen atoms in total. The van der Waals surface area contributed by atoms with E-state index in [0.717, 1.165) is 18.8 Å². The number of likely N-dealkylation sites (N-methyl/N-ethyl adjacent to an activating group) is 1. The summed E-state index contributed by atoms with van der Waals surface area (Å²) in [6, 6.07) is 9.07. The van der Waals surface area contributed by atoms with Gasteiger partial charge in [-0.15, -0.1) is 0 Å². The molecule has 1 saturated heterocycles. The summed E-state index contributed by atoms with van der Waals surface area (Å²) in [5, 5.41) is 6.34. The standard InChI is InChI=1S/C18H29N3O2/c1-13-10-16(12-21(13)5)19-11-14-6-8-15(9-7-14)20-17(22)23-18(2,3)4/h6-9,13,16,19H,10-12H2,1-5H3,(H,20,22). The van der Waals surface area contributed by atoms with E-state index in [0.29, 0.717) is 12.1 Å². The van der Waals surface area contributed by atoms with Crippen molar-refractivity contribution in [3.63, 3.8) is 0 Å². The van der Waals surface area contributed by atoms with Crippen molar-refractivity contribution in [2.24, 2.45) is 0 Å². The Bertz CT molecular complexity index is 512. The van der Waals surface area contributed by atoms with Crippen molar-refractivity contribution in [1.29, 1.82) is 0 Å². The number of amides is 1. The average Bonchev–Trinajstić information content (AvgIpc) is 2.75. The summed E-state index contributed by atoms with van der Waals surface area (Å²) in [4.78, 5) is 14.1. The number of hydrogen-bond donors (Lipinski definition) is 2. The molecule has 0 aliphatic carbocycles. The van der Waals surface area contributed by atoms with Gasteiger partial charge in [-0.3, -0.25) is 5.32 Å². The zero-order valence-electron chi connectivity index (χ0n) is 14.8. The molecular formula is C18H29N3O2. The van der Waals surface area contributed by atoms with Crippen LogP contribution in [0.15, 0.2) is 24.3 Å². The van der Waals surface area contributed by atoms with E-state index in [-0.39, 0.29) is 0 Å². The molecule has 2 N–H and O–H groups in total. The molecule has 1 fully saturated rings. The van der Waals surface area contributed by atoms with E-state index in [4.69, 9.17) is 4.74 Å². The highest BCUT2D eigenvalue weighted by atomic mass is 16.6. The van der Waals surface area contributed by atoms with Crippen LogP contribution >= 0.6 is 0 Å². The molecule has 1 aliphatic heterocycles. The Morgan fingerprint density at radius 3 is 2.48 bits per heavy atom. The van der Waals surface area contributed by atoms with Crippen LogP contribution in [-0.4, -0.2) is 42.3 Å². The first-order valence-electron chi connectivity index (χ1n) is 8.25. The van der Waals surface area contributed by atoms with E-state index in [2.05, 4.69) is 29.5 Å². The van der Waals surface area contributed by atoms with Crippen LogP contribution in [0.4, 0.5) is 10.5 Å². The largest absolute Gasteiger partial charge is 0.444 e. The molecule has 0 aromatic heterocycles. The van der Waals surface area contributed by atoms with Gasteiger partial charge in [-0.25, -0.2) is 4.79 Å². The highest BCUT2D eigenvalue weighted by Crippen LogP contribution is 2.16. The van der Waals surface area contributed by atoms with E-state index in [1.54, 1.807) is 0 Å². The third kappa shape index (κ3) is 5.84. The minimum Gasteiger partial charge on any atom is -0.444 e. The lowest BCUT2D eigenvalue weighted by atomic mass is 10.1. The number of benzene rings is 1. The first kappa shape index (κ1) is 17.8. The van der Waals surface area contributed by atoms with Crippen LogP contribution in [0.2, 0.25) is 0 Å². The van der Waals surface area contributed by atoms with Crippen LogP contribution in [0.25, 0.3) is 0 Å². The highest BCUT2D eigenvalue weighted by Gasteiger charge is 2.25. The summed E-state index contributed by atoms with van der Waals surface area (Å²) in [6.07, 6.45) is 0.765. The van der Waals surface area contributed by atoms with Crippen molar-refractivity contribution in [3.8, 4) is 0 Å². The van der Waals surface area contributed by atoms with E-state index in [1.165, 1.54) is 12.0 Å². The minimum absolute atomic E-state index is 0.425. The van der Waals surface area contributed by atoms with Gasteiger partial charge in [-0.1, -0.05) is 12.1 Å². The van der Waals surface area contributed by atoms with Gasteiger partial charge in [0, 0.05) is 30.9 Å². The van der Waals surface area contributed by atoms with Gasteiger partial charge >= 0.3 is 6.09 Å². The topological polar surface area (TPSA) is 53.6 Å². The second-order valence-electron chi connectivity index (χ2n) is 7.43. The molecule has 1 aliphatic rings. The molecule has 23 heavy (non-hydrogen) atoms. The molecule has 2 unspecified atom stereocenters. The summed E-state index contributed by atoms with van der Waals surface area (Å²) in [5.41, 5.74) is 1.47. The lowest BCUT2D eigenvalue weighted by molar-refractivity contribution is 0.0636. The summed E-state index contributed by atoms with van der Waals surface area (Å²) in [5.74, 6) is 0. The van der Waals surface area contributed by atoms with Gasteiger partial charge in [-0.05, 0) is 58.9 Å². The smallest absolute Gasteiger partial charge is 0.412 e. The fourth-order valence-corrected chi connectivity index (χ4v) is 2.73. The van der Waals surface area contributed by atoms with Crippen LogP contribution in [0.3, 0.4) is 0 Å². The van der Waals surface area contributed by atoms with Crippen molar-refractivity contribution >= 4 is 11.8 Å². The van der Waals surface area contributed by atoms with Crippen molar-refractivity contribution < 1.29 is 9.53 Å². The number of hydrogen-bond acceptors (Lipinski definition) is 4. The SMILES string of the molecule is CC1CC(NCc2ccc(NC(=O)OC(C)(C)C)cc2)CN1C. The Kier molecular flexibility index (Phi) is 5.65. The van der Waals surface area contributed by atoms with E-state index in [1.807, 2.05) is 45.0 Å². The van der Waals surface area contributed by atoms with Crippen LogP contribution in [0.1, 0.15) is 39.7 Å². The van der Waals surface area contributed by atoms with Crippen molar-refractivity contribution in [3.05, 3.63) is 29.8 Å². The van der Waals surface area contributed by atoms with Gasteiger partial charge in [-0.2, -0.15) is 0 Å². The molecule has 0 spiro atoms. The number of carbonyl (C=O) groups excluding carboxylic acids is 1. The molecule has 5 heteroatoms. The summed E-state index contributed by atoms with van der Waals surface area (Å²) in [7, 11) is 2.17. The Morgan fingerprint density at radius 2 is 1.96 bits per heavy atom. The van der Waals surface area contributed by atoms with Gasteiger partial charge in [0.2, 0.25) is 0 Å². The second-order valence-corrected chi connectivity index (χ2v) is 7.43. The number of ether oxygens (including phenoxy) is 1. The third-order valence-electron chi connectivity index (χ3n) is 4.08. The fraction of sp³-hybridized carbons (Fsp3) is 0.611. The van der Waals surface area contributed by atoms with Crippen LogP contribution < -0.4 is 10.6 Å². The number of anilines is 1. The second kappa shape index (κ2) is 7.32. The molecule has 2 atom stereocenters. The average molecular weight is 319 g/mol. The van der Waals surface area contributed by atoms with Crippen LogP contribution in [0.5, 0.6) is 0 Å². The predicted molar refractivity (Wildman–Crippen MR) is 93.6 cm³/mol. The number of nitrogens with one attached hydrogen (secondary N) is 2.